The average Bonchev–Trinajstić information content (AvgIpc) is 0.766. The van der Waals surface area contributed by atoms with Gasteiger partial charge in [0.15, 0.2) is 56.6 Å². The highest BCUT2D eigenvalue weighted by molar-refractivity contribution is 7.47. The van der Waals surface area contributed by atoms with E-state index in [1.165, 1.54) is 0 Å². The van der Waals surface area contributed by atoms with Crippen LogP contribution in [0.15, 0.2) is 0 Å². The van der Waals surface area contributed by atoms with Crippen LogP contribution in [0.3, 0.4) is 0 Å². The van der Waals surface area contributed by atoms with Crippen LogP contribution in [0.25, 0.3) is 0 Å². The van der Waals surface area contributed by atoms with E-state index >= 15 is 0 Å². The molecule has 2 amide bonds. The fraction of sp³-hybridized carbons (Fsp3) is 0.971. The molecule has 52 atom stereocenters. The van der Waals surface area contributed by atoms with E-state index in [2.05, 4.69) is 20.5 Å². The molecule has 0 aromatic rings. The summed E-state index contributed by atoms with van der Waals surface area (Å²) in [4.78, 5) is 36.0. The van der Waals surface area contributed by atoms with Crippen LogP contribution in [-0.2, 0) is 113 Å². The lowest BCUT2D eigenvalue weighted by molar-refractivity contribution is -0.408. The number of rotatable bonds is 39. The molecule has 59 nitrogen and oxygen atoms in total. The van der Waals surface area contributed by atoms with Gasteiger partial charge >= 0.3 is 7.82 Å². The van der Waals surface area contributed by atoms with Crippen molar-refractivity contribution in [2.45, 2.75) is 327 Å². The summed E-state index contributed by atoms with van der Waals surface area (Å²) in [5, 5.41) is 350. The smallest absolute Gasteiger partial charge is 0.394 e. The average molecular weight is 1920 g/mol. The van der Waals surface area contributed by atoms with Crippen molar-refractivity contribution in [2.24, 2.45) is 0 Å². The van der Waals surface area contributed by atoms with Gasteiger partial charge in [-0.2, -0.15) is 0 Å². The third-order valence-corrected chi connectivity index (χ3v) is 24.0. The molecule has 752 valence electrons. The number of nitrogens with one attached hydrogen (secondary N) is 3. The molecule has 35 N–H and O–H groups in total. The Bertz CT molecular complexity index is 3430. The molecule has 0 aromatic heterocycles. The van der Waals surface area contributed by atoms with Crippen molar-refractivity contribution in [1.29, 1.82) is 0 Å². The minimum atomic E-state index is -4.89. The molecule has 10 fully saturated rings. The second-order valence-corrected chi connectivity index (χ2v) is 33.4. The van der Waals surface area contributed by atoms with E-state index in [1.54, 1.807) is 0 Å². The monoisotopic (exact) mass is 1920 g/mol. The maximum Gasteiger partial charge on any atom is 0.472 e. The number of carbonyl (C=O) groups excluding carboxylic acids is 2. The van der Waals surface area contributed by atoms with Gasteiger partial charge in [-0.1, -0.05) is 0 Å². The predicted molar refractivity (Wildman–Crippen MR) is 393 cm³/mol. The maximum absolute atomic E-state index is 13.3. The summed E-state index contributed by atoms with van der Waals surface area (Å²) in [5.41, 5.74) is 0. The van der Waals surface area contributed by atoms with Crippen LogP contribution in [0.5, 0.6) is 0 Å². The predicted octanol–water partition coefficient (Wildman–Crippen LogP) is -23.4. The Labute approximate surface area is 729 Å². The lowest BCUT2D eigenvalue weighted by Crippen LogP contribution is -2.71. The molecule has 10 saturated heterocycles. The molecule has 129 heavy (non-hydrogen) atoms. The quantitative estimate of drug-likeness (QED) is 0.0201. The Kier molecular flexibility index (Phi) is 40.2. The van der Waals surface area contributed by atoms with Crippen LogP contribution >= 0.6 is 7.82 Å². The highest BCUT2D eigenvalue weighted by Crippen LogP contribution is 2.44. The third-order valence-electron chi connectivity index (χ3n) is 23.0. The molecule has 0 saturated carbocycles. The number of phosphoric ester groups is 1. The van der Waals surface area contributed by atoms with E-state index in [0.29, 0.717) is 0 Å². The Morgan fingerprint density at radius 2 is 0.597 bits per heavy atom. The van der Waals surface area contributed by atoms with Crippen LogP contribution in [0.1, 0.15) is 13.8 Å². The summed E-state index contributed by atoms with van der Waals surface area (Å²) in [6, 6.07) is -3.66. The van der Waals surface area contributed by atoms with Crippen molar-refractivity contribution >= 4 is 19.6 Å². The summed E-state index contributed by atoms with van der Waals surface area (Å²) in [6.07, 6.45) is -106. The van der Waals surface area contributed by atoms with E-state index in [9.17, 15) is 172 Å². The molecule has 0 aromatic carbocycles. The zero-order chi connectivity index (χ0) is 95.0. The fourth-order valence-corrected chi connectivity index (χ4v) is 16.6. The van der Waals surface area contributed by atoms with Gasteiger partial charge in [0, 0.05) is 20.4 Å². The van der Waals surface area contributed by atoms with Crippen LogP contribution in [-0.4, -0.2) is 580 Å². The number of carbonyl (C=O) groups is 2. The minimum absolute atomic E-state index is 0.452. The molecule has 0 bridgehead atoms. The number of aliphatic hydroxyl groups excluding tert-OH is 31. The van der Waals surface area contributed by atoms with Crippen LogP contribution in [0, 0.1) is 0 Å². The third kappa shape index (κ3) is 25.0. The first-order valence-electron chi connectivity index (χ1n) is 40.8. The van der Waals surface area contributed by atoms with Gasteiger partial charge in [-0.15, -0.1) is 0 Å². The molecule has 60 heteroatoms. The molecule has 10 heterocycles. The minimum Gasteiger partial charge on any atom is -0.394 e. The normalized spacial score (nSPS) is 48.5. The molecule has 10 rings (SSSR count). The lowest BCUT2D eigenvalue weighted by atomic mass is 9.93. The molecule has 0 spiro atoms. The van der Waals surface area contributed by atoms with Crippen LogP contribution in [0.4, 0.5) is 0 Å². The highest BCUT2D eigenvalue weighted by Gasteiger charge is 2.62. The number of phosphoric acid groups is 1. The maximum atomic E-state index is 13.3. The number of aliphatic hydroxyl groups is 31. The van der Waals surface area contributed by atoms with Crippen LogP contribution < -0.4 is 16.0 Å². The molecular formula is C69H120N3O56P. The first-order chi connectivity index (χ1) is 61.1. The van der Waals surface area contributed by atoms with E-state index in [1.807, 2.05) is 0 Å². The molecule has 0 radical (unpaired) electrons. The number of hydrogen-bond acceptors (Lipinski definition) is 56. The largest absolute Gasteiger partial charge is 0.472 e. The molecular weight excluding hydrogens is 1800 g/mol. The van der Waals surface area contributed by atoms with E-state index in [-0.39, 0.29) is 0 Å². The van der Waals surface area contributed by atoms with Crippen molar-refractivity contribution in [3.8, 4) is 0 Å². The molecule has 0 aliphatic carbocycles. The highest BCUT2D eigenvalue weighted by atomic mass is 31.2. The Hall–Kier alpha value is -2.99. The van der Waals surface area contributed by atoms with Crippen molar-refractivity contribution < 1.29 is 276 Å². The fourth-order valence-electron chi connectivity index (χ4n) is 15.8. The van der Waals surface area contributed by atoms with Gasteiger partial charge in [-0.05, 0) is 0 Å². The van der Waals surface area contributed by atoms with Gasteiger partial charge in [0.2, 0.25) is 11.8 Å². The van der Waals surface area contributed by atoms with Crippen molar-refractivity contribution in [1.82, 2.24) is 16.0 Å². The van der Waals surface area contributed by atoms with Gasteiger partial charge in [0.1, 0.15) is 250 Å². The summed E-state index contributed by atoms with van der Waals surface area (Å²) in [5.74, 6) is -1.85. The van der Waals surface area contributed by atoms with Gasteiger partial charge in [-0.25, -0.2) is 4.57 Å². The van der Waals surface area contributed by atoms with E-state index in [4.69, 9.17) is 99.6 Å². The Balaban J connectivity index is 0.985. The number of ether oxygens (including phenoxy) is 19. The number of hydrogen-bond donors (Lipinski definition) is 35. The summed E-state index contributed by atoms with van der Waals surface area (Å²) < 4.78 is 134. The van der Waals surface area contributed by atoms with Crippen LogP contribution in [0.2, 0.25) is 0 Å². The Morgan fingerprint density at radius 3 is 1.01 bits per heavy atom. The topological polar surface area (TPSA) is 928 Å². The zero-order valence-electron chi connectivity index (χ0n) is 68.4. The van der Waals surface area contributed by atoms with Gasteiger partial charge < -0.3 is 264 Å². The summed E-state index contributed by atoms with van der Waals surface area (Å²) in [6.45, 7) is -12.4. The molecule has 10 aliphatic rings. The first kappa shape index (κ1) is 108. The van der Waals surface area contributed by atoms with Gasteiger partial charge in [-0.3, -0.25) is 24.0 Å². The second-order valence-electron chi connectivity index (χ2n) is 32.0. The SMILES string of the molecule is CC(=O)N[C@@H]1[C@@H](O)[C@H](O[C@@H]2O[C@H](CO)[C@@H](O[C@@H]3O[C@H](CO[C@H]4O[C@H](CO[C@H]5O[C@H](CO)[C@@H](O)[C@H](O)[C@@H]5O[C@H]5O[C@H](CO)[C@@H](O)[C@H](O)[C@@H]5O)[C@@H](O)[C@H](O[C@H]5O[C@H](CO)[C@@H](O)[C@H](O)[C@@H]5O)[C@@H]4O)[C@@H](O)[C@H](O[C@H]4O[C@H](CO)[C@@H](O)[C@H](O)[C@@H]4O[C@H]4O[C@H](CO)[C@@H](O)[C@H](O)[C@@H]4O[C@H]4O[C@H](CO)[C@@H](O)[C@H](O)[C@@H]4O)[C@@H]3O)[C@H](O)[C@H]2NC(C)=O)[C@@H](CO)O[C@H]1NCCOP(=O)(O)OCC(O)CO. The summed E-state index contributed by atoms with van der Waals surface area (Å²) >= 11 is 0. The number of amides is 2. The Morgan fingerprint density at radius 1 is 0.302 bits per heavy atom. The molecule has 2 unspecified atom stereocenters. The first-order valence-corrected chi connectivity index (χ1v) is 42.3. The lowest BCUT2D eigenvalue weighted by Gasteiger charge is -2.51. The van der Waals surface area contributed by atoms with E-state index in [0.717, 1.165) is 13.8 Å². The second kappa shape index (κ2) is 48.1. The zero-order valence-corrected chi connectivity index (χ0v) is 69.3. The van der Waals surface area contributed by atoms with Crippen molar-refractivity contribution in [3.05, 3.63) is 0 Å². The van der Waals surface area contributed by atoms with Gasteiger partial charge in [0.25, 0.3) is 0 Å². The van der Waals surface area contributed by atoms with Crippen molar-refractivity contribution in [2.75, 3.05) is 92.4 Å². The summed E-state index contributed by atoms with van der Waals surface area (Å²) in [7, 11) is -4.89. The van der Waals surface area contributed by atoms with E-state index < -0.39 is 425 Å². The van der Waals surface area contributed by atoms with Gasteiger partial charge in [0.05, 0.1) is 91.9 Å². The molecule has 10 aliphatic heterocycles. The standard InChI is InChI=1S/C69H120N3O56P/c1-17(82)71-30-40(93)53(26(12-80)112-60(30)70-3-4-110-129(106,107)111-14-19(84)5-73)122-61-31(72-18(2)83)41(94)54(27(13-81)119-61)123-66-52(105)56(125-68-59(47(100)37(90)24(10-78)117-68)128-69-58(46(99)36(89)25(11-79)118-69)127-65-50(103)44(97)34(87)22(8-76)115-65)39(92)29(121-66)15-108-62-51(104)55(124-63-48(101)42(95)32(85)20(6-74)113-63)38(91)28(120-62)16-109-67-57(45(98)35(88)23(9-77)116-67)126-64-49(102)43(96)33(86)21(7-75)114-64/h19-70,73-81,84-105H,3-16H2,1-2H3,(H,71,82)(H,72,83)(H,106,107)/t19?,20-,21-,22-,23-,24-,25-,26-,27-,28-,29-,30-,31-,32-,33-,34-,35-,36-,37-,38-,39-,40-,41-,42+,43+,44+,45+,46+,47+,48+,49+,50+,51+,52+,53-,54-,55+,56+,57+,58+,59+,60-,61+,62+,63-,64-,65-,66+,67+,68-,69-/m1/s1. The van der Waals surface area contributed by atoms with Crippen molar-refractivity contribution in [3.63, 3.8) is 0 Å².